The van der Waals surface area contributed by atoms with Gasteiger partial charge in [-0.1, -0.05) is 0 Å². The van der Waals surface area contributed by atoms with Gasteiger partial charge in [-0.15, -0.1) is 11.3 Å². The van der Waals surface area contributed by atoms with Crippen LogP contribution in [0.4, 0.5) is 0 Å². The van der Waals surface area contributed by atoms with E-state index in [0.717, 1.165) is 38.2 Å². The summed E-state index contributed by atoms with van der Waals surface area (Å²) in [5, 5.41) is 10.2. The van der Waals surface area contributed by atoms with E-state index in [1.807, 2.05) is 6.92 Å². The number of aromatic nitrogens is 1. The van der Waals surface area contributed by atoms with Crippen LogP contribution < -0.4 is 0 Å². The van der Waals surface area contributed by atoms with E-state index >= 15 is 0 Å². The van der Waals surface area contributed by atoms with Crippen molar-refractivity contribution in [3.63, 3.8) is 0 Å². The number of aliphatic carboxylic acids is 1. The van der Waals surface area contributed by atoms with Gasteiger partial charge in [-0.3, -0.25) is 4.79 Å². The molecule has 0 bridgehead atoms. The Labute approximate surface area is 110 Å². The van der Waals surface area contributed by atoms with Gasteiger partial charge >= 0.3 is 5.97 Å². The number of nitrogens with zero attached hydrogens (tertiary/aromatic N) is 1. The number of hydrogen-bond donors (Lipinski definition) is 1. The number of carboxylic acid groups (broad SMARTS) is 1. The van der Waals surface area contributed by atoms with Gasteiger partial charge in [-0.05, 0) is 26.2 Å². The minimum absolute atomic E-state index is 0.174. The van der Waals surface area contributed by atoms with Gasteiger partial charge in [0.15, 0.2) is 0 Å². The summed E-state index contributed by atoms with van der Waals surface area (Å²) in [6.45, 7) is 3.64. The highest BCUT2D eigenvalue weighted by Crippen LogP contribution is 2.51. The topological polar surface area (TPSA) is 59.4 Å². The van der Waals surface area contributed by atoms with Crippen molar-refractivity contribution in [1.29, 1.82) is 0 Å². The SMILES string of the molecule is Cc1nc(C2CCOCC2)sc1C1CC1C(=O)O. The van der Waals surface area contributed by atoms with E-state index in [1.165, 1.54) is 9.88 Å². The molecule has 4 nitrogen and oxygen atoms in total. The molecule has 3 rings (SSSR count). The van der Waals surface area contributed by atoms with Crippen molar-refractivity contribution in [2.24, 2.45) is 5.92 Å². The quantitative estimate of drug-likeness (QED) is 0.914. The Balaban J connectivity index is 1.76. The second-order valence-electron chi connectivity index (χ2n) is 5.18. The van der Waals surface area contributed by atoms with Crippen molar-refractivity contribution < 1.29 is 14.6 Å². The number of ether oxygens (including phenoxy) is 1. The van der Waals surface area contributed by atoms with Gasteiger partial charge in [-0.2, -0.15) is 0 Å². The van der Waals surface area contributed by atoms with Crippen molar-refractivity contribution >= 4 is 17.3 Å². The van der Waals surface area contributed by atoms with Gasteiger partial charge < -0.3 is 9.84 Å². The first-order valence-electron chi connectivity index (χ1n) is 6.44. The predicted octanol–water partition coefficient (Wildman–Crippen LogP) is 2.53. The Hall–Kier alpha value is -0.940. The van der Waals surface area contributed by atoms with Crippen LogP contribution in [0.1, 0.15) is 46.7 Å². The Bertz CT molecular complexity index is 465. The molecule has 1 saturated carbocycles. The highest BCUT2D eigenvalue weighted by Gasteiger charge is 2.46. The minimum Gasteiger partial charge on any atom is -0.481 e. The molecule has 1 saturated heterocycles. The van der Waals surface area contributed by atoms with Crippen LogP contribution in [0.25, 0.3) is 0 Å². The molecule has 1 aromatic heterocycles. The van der Waals surface area contributed by atoms with Gasteiger partial charge in [-0.25, -0.2) is 4.98 Å². The second-order valence-corrected chi connectivity index (χ2v) is 6.24. The summed E-state index contributed by atoms with van der Waals surface area (Å²) in [5.74, 6) is -0.112. The predicted molar refractivity (Wildman–Crippen MR) is 68.1 cm³/mol. The Morgan fingerprint density at radius 1 is 1.44 bits per heavy atom. The Morgan fingerprint density at radius 2 is 2.17 bits per heavy atom. The Morgan fingerprint density at radius 3 is 2.78 bits per heavy atom. The summed E-state index contributed by atoms with van der Waals surface area (Å²) in [4.78, 5) is 16.8. The molecule has 1 aliphatic heterocycles. The van der Waals surface area contributed by atoms with Crippen LogP contribution in [0.15, 0.2) is 0 Å². The van der Waals surface area contributed by atoms with Crippen molar-refractivity contribution in [1.82, 2.24) is 4.98 Å². The summed E-state index contributed by atoms with van der Waals surface area (Å²) >= 11 is 1.73. The van der Waals surface area contributed by atoms with E-state index in [2.05, 4.69) is 4.98 Å². The lowest BCUT2D eigenvalue weighted by Gasteiger charge is -2.19. The van der Waals surface area contributed by atoms with Crippen LogP contribution in [-0.4, -0.2) is 29.3 Å². The van der Waals surface area contributed by atoms with Gasteiger partial charge in [0.25, 0.3) is 0 Å². The first-order chi connectivity index (χ1) is 8.66. The number of hydrogen-bond acceptors (Lipinski definition) is 4. The largest absolute Gasteiger partial charge is 0.481 e. The molecule has 98 valence electrons. The molecule has 2 fully saturated rings. The van der Waals surface area contributed by atoms with E-state index < -0.39 is 5.97 Å². The molecule has 1 aromatic rings. The molecular weight excluding hydrogens is 250 g/mol. The first-order valence-corrected chi connectivity index (χ1v) is 7.26. The van der Waals surface area contributed by atoms with Crippen LogP contribution in [-0.2, 0) is 9.53 Å². The van der Waals surface area contributed by atoms with Gasteiger partial charge in [0.05, 0.1) is 16.6 Å². The molecule has 1 aliphatic carbocycles. The number of rotatable bonds is 3. The smallest absolute Gasteiger partial charge is 0.307 e. The van der Waals surface area contributed by atoms with Crippen LogP contribution in [0.3, 0.4) is 0 Å². The minimum atomic E-state index is -0.666. The summed E-state index contributed by atoms with van der Waals surface area (Å²) < 4.78 is 5.37. The van der Waals surface area contributed by atoms with Crippen LogP contribution in [0.5, 0.6) is 0 Å². The molecular formula is C13H17NO3S. The monoisotopic (exact) mass is 267 g/mol. The van der Waals surface area contributed by atoms with Gasteiger partial charge in [0.1, 0.15) is 0 Å². The van der Waals surface area contributed by atoms with E-state index in [0.29, 0.717) is 5.92 Å². The lowest BCUT2D eigenvalue weighted by atomic mass is 10.0. The van der Waals surface area contributed by atoms with Gasteiger partial charge in [0.2, 0.25) is 0 Å². The maximum atomic E-state index is 10.9. The molecule has 2 unspecified atom stereocenters. The second kappa shape index (κ2) is 4.63. The molecule has 0 radical (unpaired) electrons. The van der Waals surface area contributed by atoms with E-state index in [4.69, 9.17) is 9.84 Å². The highest BCUT2D eigenvalue weighted by molar-refractivity contribution is 7.12. The van der Waals surface area contributed by atoms with E-state index in [1.54, 1.807) is 11.3 Å². The number of thiazole rings is 1. The maximum absolute atomic E-state index is 10.9. The lowest BCUT2D eigenvalue weighted by Crippen LogP contribution is -2.13. The van der Waals surface area contributed by atoms with Gasteiger partial charge in [0, 0.05) is 29.9 Å². The third kappa shape index (κ3) is 2.17. The fourth-order valence-corrected chi connectivity index (χ4v) is 4.07. The van der Waals surface area contributed by atoms with Crippen molar-refractivity contribution in [3.8, 4) is 0 Å². The number of aryl methyl sites for hydroxylation is 1. The highest BCUT2D eigenvalue weighted by atomic mass is 32.1. The average molecular weight is 267 g/mol. The lowest BCUT2D eigenvalue weighted by molar-refractivity contribution is -0.138. The summed E-state index contributed by atoms with van der Waals surface area (Å²) in [7, 11) is 0. The molecule has 2 atom stereocenters. The maximum Gasteiger partial charge on any atom is 0.307 e. The number of carbonyl (C=O) groups is 1. The zero-order chi connectivity index (χ0) is 12.7. The summed E-state index contributed by atoms with van der Waals surface area (Å²) in [6, 6.07) is 0. The molecule has 0 aromatic carbocycles. The summed E-state index contributed by atoms with van der Waals surface area (Å²) in [5.41, 5.74) is 1.04. The van der Waals surface area contributed by atoms with Crippen molar-refractivity contribution in [2.45, 2.75) is 38.0 Å². The van der Waals surface area contributed by atoms with Crippen LogP contribution >= 0.6 is 11.3 Å². The van der Waals surface area contributed by atoms with Crippen molar-refractivity contribution in [3.05, 3.63) is 15.6 Å². The molecule has 2 aliphatic rings. The third-order valence-corrected chi connectivity index (χ3v) is 5.32. The molecule has 0 spiro atoms. The molecule has 0 amide bonds. The number of carboxylic acids is 1. The van der Waals surface area contributed by atoms with Crippen LogP contribution in [0.2, 0.25) is 0 Å². The van der Waals surface area contributed by atoms with Crippen LogP contribution in [0, 0.1) is 12.8 Å². The third-order valence-electron chi connectivity index (χ3n) is 3.86. The van der Waals surface area contributed by atoms with E-state index in [-0.39, 0.29) is 11.8 Å². The fourth-order valence-electron chi connectivity index (χ4n) is 2.65. The van der Waals surface area contributed by atoms with E-state index in [9.17, 15) is 4.79 Å². The molecule has 5 heteroatoms. The normalized spacial score (nSPS) is 28.3. The zero-order valence-electron chi connectivity index (χ0n) is 10.4. The average Bonchev–Trinajstić information content (AvgIpc) is 3.08. The standard InChI is InChI=1S/C13H17NO3S/c1-7-11(9-6-10(9)13(15)16)18-12(14-7)8-2-4-17-5-3-8/h8-10H,2-6H2,1H3,(H,15,16). The molecule has 1 N–H and O–H groups in total. The summed E-state index contributed by atoms with van der Waals surface area (Å²) in [6.07, 6.45) is 2.87. The molecule has 2 heterocycles. The first kappa shape index (κ1) is 12.1. The Kier molecular flexibility index (Phi) is 3.11. The fraction of sp³-hybridized carbons (Fsp3) is 0.692. The zero-order valence-corrected chi connectivity index (χ0v) is 11.2. The van der Waals surface area contributed by atoms with Crippen molar-refractivity contribution in [2.75, 3.05) is 13.2 Å². The molecule has 18 heavy (non-hydrogen) atoms.